The first-order valence-electron chi connectivity index (χ1n) is 10.5. The number of anilines is 1. The molecule has 33 heavy (non-hydrogen) atoms. The fourth-order valence-electron chi connectivity index (χ4n) is 3.74. The van der Waals surface area contributed by atoms with E-state index in [4.69, 9.17) is 14.2 Å². The minimum atomic E-state index is -0.611. The lowest BCUT2D eigenvalue weighted by Crippen LogP contribution is -2.48. The Morgan fingerprint density at radius 3 is 2.30 bits per heavy atom. The lowest BCUT2D eigenvalue weighted by atomic mass is 10.1. The number of esters is 2. The summed E-state index contributed by atoms with van der Waals surface area (Å²) >= 11 is 1.01. The van der Waals surface area contributed by atoms with Gasteiger partial charge in [-0.25, -0.2) is 9.59 Å². The van der Waals surface area contributed by atoms with Gasteiger partial charge in [-0.3, -0.25) is 14.6 Å². The lowest BCUT2D eigenvalue weighted by molar-refractivity contribution is -0.117. The van der Waals surface area contributed by atoms with Gasteiger partial charge in [0.15, 0.2) is 0 Å². The van der Waals surface area contributed by atoms with Gasteiger partial charge in [-0.15, -0.1) is 11.3 Å². The largest absolute Gasteiger partial charge is 0.497 e. The number of rotatable bonds is 8. The SMILES string of the molecule is COC(=O)c1sc(NC(=O)CN2CCN(Cc3cccc(OC)c3)CC2)c(C(=O)OC)c1C. The van der Waals surface area contributed by atoms with Gasteiger partial charge >= 0.3 is 11.9 Å². The zero-order valence-corrected chi connectivity index (χ0v) is 20.1. The second-order valence-corrected chi connectivity index (χ2v) is 8.72. The number of carbonyl (C=O) groups is 3. The molecule has 2 heterocycles. The number of piperazine rings is 1. The molecule has 178 valence electrons. The number of nitrogens with zero attached hydrogens (tertiary/aromatic N) is 2. The van der Waals surface area contributed by atoms with Gasteiger partial charge < -0.3 is 19.5 Å². The molecule has 1 aromatic heterocycles. The van der Waals surface area contributed by atoms with Crippen molar-refractivity contribution >= 4 is 34.2 Å². The van der Waals surface area contributed by atoms with Gasteiger partial charge in [-0.1, -0.05) is 12.1 Å². The van der Waals surface area contributed by atoms with Crippen LogP contribution >= 0.6 is 11.3 Å². The summed E-state index contributed by atoms with van der Waals surface area (Å²) in [7, 11) is 4.18. The van der Waals surface area contributed by atoms with Crippen molar-refractivity contribution in [3.05, 3.63) is 45.8 Å². The Morgan fingerprint density at radius 1 is 1.00 bits per heavy atom. The van der Waals surface area contributed by atoms with Crippen molar-refractivity contribution in [1.82, 2.24) is 9.80 Å². The van der Waals surface area contributed by atoms with Crippen molar-refractivity contribution in [3.63, 3.8) is 0 Å². The molecule has 1 N–H and O–H groups in total. The van der Waals surface area contributed by atoms with E-state index >= 15 is 0 Å². The summed E-state index contributed by atoms with van der Waals surface area (Å²) in [6.07, 6.45) is 0. The van der Waals surface area contributed by atoms with E-state index in [0.29, 0.717) is 10.6 Å². The number of hydrogen-bond acceptors (Lipinski definition) is 9. The fourth-order valence-corrected chi connectivity index (χ4v) is 4.87. The number of ether oxygens (including phenoxy) is 3. The van der Waals surface area contributed by atoms with Crippen LogP contribution < -0.4 is 10.1 Å². The molecule has 1 amide bonds. The van der Waals surface area contributed by atoms with Crippen molar-refractivity contribution in [1.29, 1.82) is 0 Å². The molecule has 0 saturated carbocycles. The number of methoxy groups -OCH3 is 3. The van der Waals surface area contributed by atoms with E-state index in [9.17, 15) is 14.4 Å². The monoisotopic (exact) mass is 475 g/mol. The van der Waals surface area contributed by atoms with Gasteiger partial charge in [-0.05, 0) is 30.2 Å². The maximum atomic E-state index is 12.7. The molecule has 1 aromatic carbocycles. The van der Waals surface area contributed by atoms with Gasteiger partial charge in [0.05, 0.1) is 33.4 Å². The van der Waals surface area contributed by atoms with Gasteiger partial charge in [0, 0.05) is 32.7 Å². The maximum Gasteiger partial charge on any atom is 0.348 e. The van der Waals surface area contributed by atoms with Crippen LogP contribution in [0.3, 0.4) is 0 Å². The number of nitrogens with one attached hydrogen (secondary N) is 1. The third kappa shape index (κ3) is 6.10. The minimum absolute atomic E-state index is 0.180. The second-order valence-electron chi connectivity index (χ2n) is 7.70. The Kier molecular flexibility index (Phi) is 8.43. The highest BCUT2D eigenvalue weighted by molar-refractivity contribution is 7.18. The Morgan fingerprint density at radius 2 is 1.67 bits per heavy atom. The van der Waals surface area contributed by atoms with Crippen molar-refractivity contribution in [2.24, 2.45) is 0 Å². The molecule has 0 unspecified atom stereocenters. The summed E-state index contributed by atoms with van der Waals surface area (Å²) in [5.41, 5.74) is 1.80. The number of benzene rings is 1. The average molecular weight is 476 g/mol. The average Bonchev–Trinajstić information content (AvgIpc) is 3.14. The smallest absolute Gasteiger partial charge is 0.348 e. The van der Waals surface area contributed by atoms with E-state index in [1.54, 1.807) is 14.0 Å². The number of thiophene rings is 1. The van der Waals surface area contributed by atoms with Crippen LogP contribution in [-0.2, 0) is 20.8 Å². The fraction of sp³-hybridized carbons (Fsp3) is 0.435. The zero-order chi connectivity index (χ0) is 24.0. The number of hydrogen-bond donors (Lipinski definition) is 1. The van der Waals surface area contributed by atoms with E-state index < -0.39 is 11.9 Å². The van der Waals surface area contributed by atoms with Crippen molar-refractivity contribution in [2.45, 2.75) is 13.5 Å². The van der Waals surface area contributed by atoms with Crippen LogP contribution in [0.2, 0.25) is 0 Å². The van der Waals surface area contributed by atoms with Crippen LogP contribution in [0.5, 0.6) is 5.75 Å². The molecule has 0 atom stereocenters. The topological polar surface area (TPSA) is 97.4 Å². The molecular formula is C23H29N3O6S. The molecule has 1 saturated heterocycles. The first kappa shape index (κ1) is 24.7. The molecule has 1 fully saturated rings. The van der Waals surface area contributed by atoms with Gasteiger partial charge in [0.2, 0.25) is 5.91 Å². The molecular weight excluding hydrogens is 446 g/mol. The van der Waals surface area contributed by atoms with Crippen LogP contribution in [0.15, 0.2) is 24.3 Å². The molecule has 2 aromatic rings. The predicted molar refractivity (Wildman–Crippen MR) is 125 cm³/mol. The first-order valence-corrected chi connectivity index (χ1v) is 11.4. The summed E-state index contributed by atoms with van der Waals surface area (Å²) in [5.74, 6) is -0.581. The Bertz CT molecular complexity index is 1010. The molecule has 10 heteroatoms. The predicted octanol–water partition coefficient (Wildman–Crippen LogP) is 2.39. The van der Waals surface area contributed by atoms with Crippen LogP contribution in [0.25, 0.3) is 0 Å². The van der Waals surface area contributed by atoms with Gasteiger partial charge in [-0.2, -0.15) is 0 Å². The van der Waals surface area contributed by atoms with E-state index in [2.05, 4.69) is 21.2 Å². The zero-order valence-electron chi connectivity index (χ0n) is 19.3. The molecule has 3 rings (SSSR count). The Hall–Kier alpha value is -2.95. The normalized spacial score (nSPS) is 14.5. The molecule has 0 aliphatic carbocycles. The molecule has 1 aliphatic rings. The van der Waals surface area contributed by atoms with Crippen LogP contribution in [0.4, 0.5) is 5.00 Å². The molecule has 0 spiro atoms. The summed E-state index contributed by atoms with van der Waals surface area (Å²) in [6.45, 7) is 5.82. The Labute approximate surface area is 197 Å². The highest BCUT2D eigenvalue weighted by Crippen LogP contribution is 2.34. The minimum Gasteiger partial charge on any atom is -0.497 e. The van der Waals surface area contributed by atoms with Crippen LogP contribution in [-0.4, -0.2) is 81.7 Å². The number of amides is 1. The quantitative estimate of drug-likeness (QED) is 0.582. The van der Waals surface area contributed by atoms with Crippen molar-refractivity contribution < 1.29 is 28.6 Å². The first-order chi connectivity index (χ1) is 15.9. The van der Waals surface area contributed by atoms with Crippen molar-refractivity contribution in [3.8, 4) is 5.75 Å². The second kappa shape index (κ2) is 11.3. The number of carbonyl (C=O) groups excluding carboxylic acids is 3. The highest BCUT2D eigenvalue weighted by atomic mass is 32.1. The highest BCUT2D eigenvalue weighted by Gasteiger charge is 2.27. The third-order valence-electron chi connectivity index (χ3n) is 5.53. The van der Waals surface area contributed by atoms with Crippen molar-refractivity contribution in [2.75, 3.05) is 59.4 Å². The standard InChI is InChI=1S/C23H29N3O6S/c1-15-19(22(28)31-3)21(33-20(15)23(29)32-4)24-18(27)14-26-10-8-25(9-11-26)13-16-6-5-7-17(12-16)30-2/h5-7,12H,8-11,13-14H2,1-4H3,(H,24,27). The molecule has 9 nitrogen and oxygen atoms in total. The van der Waals surface area contributed by atoms with Crippen LogP contribution in [0, 0.1) is 6.92 Å². The van der Waals surface area contributed by atoms with Gasteiger partial charge in [0.25, 0.3) is 0 Å². The summed E-state index contributed by atoms with van der Waals surface area (Å²) in [5, 5.41) is 3.07. The van der Waals surface area contributed by atoms with E-state index in [1.165, 1.54) is 19.8 Å². The van der Waals surface area contributed by atoms with E-state index in [1.807, 2.05) is 18.2 Å². The molecule has 0 bridgehead atoms. The van der Waals surface area contributed by atoms with Gasteiger partial charge in [0.1, 0.15) is 15.6 Å². The van der Waals surface area contributed by atoms with E-state index in [-0.39, 0.29) is 22.9 Å². The Balaban J connectivity index is 1.57. The summed E-state index contributed by atoms with van der Waals surface area (Å²) in [4.78, 5) is 41.6. The van der Waals surface area contributed by atoms with E-state index in [0.717, 1.165) is 49.8 Å². The third-order valence-corrected chi connectivity index (χ3v) is 6.72. The molecule has 1 aliphatic heterocycles. The molecule has 0 radical (unpaired) electrons. The summed E-state index contributed by atoms with van der Waals surface area (Å²) in [6, 6.07) is 8.02. The lowest BCUT2D eigenvalue weighted by Gasteiger charge is -2.34. The maximum absolute atomic E-state index is 12.7. The summed E-state index contributed by atoms with van der Waals surface area (Å²) < 4.78 is 14.9. The van der Waals surface area contributed by atoms with Crippen LogP contribution in [0.1, 0.15) is 31.2 Å².